The van der Waals surface area contributed by atoms with Crippen LogP contribution in [0.15, 0.2) is 12.1 Å². The number of aryl methyl sites for hydroxylation is 3. The molecule has 0 bridgehead atoms. The van der Waals surface area contributed by atoms with Crippen LogP contribution >= 0.6 is 11.3 Å². The van der Waals surface area contributed by atoms with Gasteiger partial charge in [0, 0.05) is 10.6 Å². The largest absolute Gasteiger partial charge is 0.297 e. The minimum absolute atomic E-state index is 0.746. The molecule has 0 unspecified atom stereocenters. The fourth-order valence-corrected chi connectivity index (χ4v) is 2.61. The molecule has 0 aromatic carbocycles. The molecule has 0 aliphatic carbocycles. The van der Waals surface area contributed by atoms with Crippen LogP contribution in [0.1, 0.15) is 31.5 Å². The maximum Gasteiger partial charge on any atom is 0.160 e. The molecule has 3 nitrogen and oxygen atoms in total. The van der Waals surface area contributed by atoms with E-state index in [1.54, 1.807) is 0 Å². The zero-order valence-electron chi connectivity index (χ0n) is 9.65. The zero-order chi connectivity index (χ0) is 11.7. The van der Waals surface area contributed by atoms with Gasteiger partial charge in [-0.25, -0.2) is 0 Å². The first kappa shape index (κ1) is 11.1. The first-order chi connectivity index (χ1) is 7.60. The van der Waals surface area contributed by atoms with Gasteiger partial charge in [0.2, 0.25) is 0 Å². The van der Waals surface area contributed by atoms with Crippen LogP contribution in [-0.2, 0) is 6.54 Å². The highest BCUT2D eigenvalue weighted by atomic mass is 32.1. The van der Waals surface area contributed by atoms with Gasteiger partial charge in [-0.2, -0.15) is 5.10 Å². The lowest BCUT2D eigenvalue weighted by Crippen LogP contribution is -2.03. The van der Waals surface area contributed by atoms with Crippen molar-refractivity contribution in [2.24, 2.45) is 0 Å². The lowest BCUT2D eigenvalue weighted by molar-refractivity contribution is 0.112. The maximum absolute atomic E-state index is 10.7. The van der Waals surface area contributed by atoms with E-state index in [0.717, 1.165) is 29.1 Å². The Morgan fingerprint density at radius 3 is 2.62 bits per heavy atom. The van der Waals surface area contributed by atoms with Crippen molar-refractivity contribution in [1.29, 1.82) is 0 Å². The van der Waals surface area contributed by atoms with Crippen molar-refractivity contribution in [1.82, 2.24) is 9.78 Å². The van der Waals surface area contributed by atoms with Crippen LogP contribution in [0.2, 0.25) is 0 Å². The number of aldehydes is 1. The second-order valence-corrected chi connectivity index (χ2v) is 5.22. The average molecular weight is 234 g/mol. The summed E-state index contributed by atoms with van der Waals surface area (Å²) >= 11 is 1.54. The van der Waals surface area contributed by atoms with Crippen LogP contribution in [0.4, 0.5) is 0 Å². The summed E-state index contributed by atoms with van der Waals surface area (Å²) in [4.78, 5) is 12.7. The molecule has 2 aromatic heterocycles. The van der Waals surface area contributed by atoms with E-state index in [0.29, 0.717) is 0 Å². The Hall–Kier alpha value is -1.42. The van der Waals surface area contributed by atoms with E-state index in [2.05, 4.69) is 11.2 Å². The summed E-state index contributed by atoms with van der Waals surface area (Å²) in [6.07, 6.45) is 0.905. The smallest absolute Gasteiger partial charge is 0.160 e. The minimum atomic E-state index is 0.746. The van der Waals surface area contributed by atoms with Gasteiger partial charge in [0.1, 0.15) is 0 Å². The third-order valence-electron chi connectivity index (χ3n) is 2.58. The second-order valence-electron chi connectivity index (χ2n) is 3.93. The summed E-state index contributed by atoms with van der Waals surface area (Å²) < 4.78 is 1.97. The Kier molecular flexibility index (Phi) is 2.92. The number of carbonyl (C=O) groups excluding carboxylic acids is 1. The maximum atomic E-state index is 10.7. The molecule has 0 aliphatic rings. The van der Waals surface area contributed by atoms with Crippen molar-refractivity contribution in [3.8, 4) is 0 Å². The van der Waals surface area contributed by atoms with Crippen molar-refractivity contribution in [3.05, 3.63) is 38.8 Å². The average Bonchev–Trinajstić information content (AvgIpc) is 2.72. The van der Waals surface area contributed by atoms with E-state index >= 15 is 0 Å². The van der Waals surface area contributed by atoms with E-state index < -0.39 is 0 Å². The Morgan fingerprint density at radius 2 is 2.12 bits per heavy atom. The molecule has 0 spiro atoms. The first-order valence-corrected chi connectivity index (χ1v) is 5.97. The highest BCUT2D eigenvalue weighted by molar-refractivity contribution is 7.13. The van der Waals surface area contributed by atoms with Gasteiger partial charge < -0.3 is 0 Å². The Balaban J connectivity index is 2.29. The van der Waals surface area contributed by atoms with Crippen LogP contribution in [0, 0.1) is 20.8 Å². The SMILES string of the molecule is Cc1cc(C)n(Cc2cc(C=O)sc2C)n1. The quantitative estimate of drug-likeness (QED) is 0.765. The molecule has 2 aromatic rings. The summed E-state index contributed by atoms with van der Waals surface area (Å²) in [7, 11) is 0. The summed E-state index contributed by atoms with van der Waals surface area (Å²) in [6, 6.07) is 4.01. The molecule has 2 rings (SSSR count). The molecule has 0 amide bonds. The van der Waals surface area contributed by atoms with Gasteiger partial charge >= 0.3 is 0 Å². The molecule has 0 saturated heterocycles. The lowest BCUT2D eigenvalue weighted by atomic mass is 10.2. The number of rotatable bonds is 3. The molecule has 2 heterocycles. The fraction of sp³-hybridized carbons (Fsp3) is 0.333. The molecular weight excluding hydrogens is 220 g/mol. The predicted molar refractivity (Wildman–Crippen MR) is 65.2 cm³/mol. The van der Waals surface area contributed by atoms with Gasteiger partial charge in [-0.15, -0.1) is 11.3 Å². The molecule has 0 fully saturated rings. The summed E-state index contributed by atoms with van der Waals surface area (Å²) in [5, 5.41) is 4.41. The molecule has 0 aliphatic heterocycles. The van der Waals surface area contributed by atoms with Crippen molar-refractivity contribution in [2.75, 3.05) is 0 Å². The summed E-state index contributed by atoms with van der Waals surface area (Å²) in [5.74, 6) is 0. The Bertz CT molecular complexity index is 525. The lowest BCUT2D eigenvalue weighted by Gasteiger charge is -2.03. The van der Waals surface area contributed by atoms with Gasteiger partial charge in [-0.05, 0) is 38.5 Å². The second kappa shape index (κ2) is 4.22. The minimum Gasteiger partial charge on any atom is -0.297 e. The van der Waals surface area contributed by atoms with Crippen LogP contribution in [-0.4, -0.2) is 16.1 Å². The van der Waals surface area contributed by atoms with Crippen molar-refractivity contribution < 1.29 is 4.79 Å². The molecule has 4 heteroatoms. The standard InChI is InChI=1S/C12H14N2OS/c1-8-4-9(2)14(13-8)6-11-5-12(7-15)16-10(11)3/h4-5,7H,6H2,1-3H3. The van der Waals surface area contributed by atoms with Crippen molar-refractivity contribution in [2.45, 2.75) is 27.3 Å². The Labute approximate surface area is 98.7 Å². The van der Waals surface area contributed by atoms with Gasteiger partial charge in [0.15, 0.2) is 6.29 Å². The molecule has 0 radical (unpaired) electrons. The van der Waals surface area contributed by atoms with Crippen LogP contribution in [0.25, 0.3) is 0 Å². The van der Waals surface area contributed by atoms with Gasteiger partial charge in [-0.3, -0.25) is 9.48 Å². The number of thiophene rings is 1. The molecule has 0 saturated carbocycles. The number of nitrogens with zero attached hydrogens (tertiary/aromatic N) is 2. The van der Waals surface area contributed by atoms with Crippen molar-refractivity contribution >= 4 is 17.6 Å². The van der Waals surface area contributed by atoms with Gasteiger partial charge in [0.05, 0.1) is 17.1 Å². The van der Waals surface area contributed by atoms with E-state index in [-0.39, 0.29) is 0 Å². The summed E-state index contributed by atoms with van der Waals surface area (Å²) in [6.45, 7) is 6.82. The molecule has 0 N–H and O–H groups in total. The monoisotopic (exact) mass is 234 g/mol. The number of carbonyl (C=O) groups is 1. The predicted octanol–water partition coefficient (Wildman–Crippen LogP) is 2.73. The van der Waals surface area contributed by atoms with E-state index in [4.69, 9.17) is 0 Å². The van der Waals surface area contributed by atoms with Gasteiger partial charge in [0.25, 0.3) is 0 Å². The van der Waals surface area contributed by atoms with Crippen LogP contribution in [0.5, 0.6) is 0 Å². The molecule has 0 atom stereocenters. The van der Waals surface area contributed by atoms with E-state index in [1.165, 1.54) is 21.8 Å². The zero-order valence-corrected chi connectivity index (χ0v) is 10.5. The molecular formula is C12H14N2OS. The van der Waals surface area contributed by atoms with Crippen LogP contribution in [0.3, 0.4) is 0 Å². The topological polar surface area (TPSA) is 34.9 Å². The molecule has 84 valence electrons. The van der Waals surface area contributed by atoms with E-state index in [9.17, 15) is 4.79 Å². The fourth-order valence-electron chi connectivity index (χ4n) is 1.76. The normalized spacial score (nSPS) is 10.7. The summed E-state index contributed by atoms with van der Waals surface area (Å²) in [5.41, 5.74) is 3.36. The first-order valence-electron chi connectivity index (χ1n) is 5.15. The highest BCUT2D eigenvalue weighted by Crippen LogP contribution is 2.21. The Morgan fingerprint density at radius 1 is 1.38 bits per heavy atom. The highest BCUT2D eigenvalue weighted by Gasteiger charge is 2.07. The van der Waals surface area contributed by atoms with Crippen LogP contribution < -0.4 is 0 Å². The number of aromatic nitrogens is 2. The van der Waals surface area contributed by atoms with Crippen molar-refractivity contribution in [3.63, 3.8) is 0 Å². The third-order valence-corrected chi connectivity index (χ3v) is 3.60. The molecule has 16 heavy (non-hydrogen) atoms. The number of hydrogen-bond acceptors (Lipinski definition) is 3. The van der Waals surface area contributed by atoms with E-state index in [1.807, 2.05) is 31.5 Å². The third kappa shape index (κ3) is 2.07. The number of hydrogen-bond donors (Lipinski definition) is 0. The van der Waals surface area contributed by atoms with Gasteiger partial charge in [-0.1, -0.05) is 0 Å².